The Balaban J connectivity index is 1.97. The second kappa shape index (κ2) is 6.90. The maximum atomic E-state index is 15.5. The number of ether oxygens (including phenoxy) is 1. The molecule has 0 amide bonds. The van der Waals surface area contributed by atoms with E-state index < -0.39 is 5.82 Å². The average Bonchev–Trinajstić information content (AvgIpc) is 2.71. The minimum atomic E-state index is -0.579. The summed E-state index contributed by atoms with van der Waals surface area (Å²) in [5.41, 5.74) is 1.90. The summed E-state index contributed by atoms with van der Waals surface area (Å²) in [5, 5.41) is 19.8. The van der Waals surface area contributed by atoms with Crippen molar-refractivity contribution in [3.8, 4) is 12.1 Å². The van der Waals surface area contributed by atoms with Crippen molar-refractivity contribution in [3.63, 3.8) is 0 Å². The maximum Gasteiger partial charge on any atom is 0.167 e. The first-order valence-electron chi connectivity index (χ1n) is 9.58. The van der Waals surface area contributed by atoms with Crippen molar-refractivity contribution in [2.45, 2.75) is 37.8 Å². The van der Waals surface area contributed by atoms with E-state index in [1.807, 2.05) is 23.9 Å². The number of halogens is 1. The Kier molecular flexibility index (Phi) is 4.57. The van der Waals surface area contributed by atoms with Crippen LogP contribution in [-0.4, -0.2) is 52.5 Å². The number of fused-ring (bicyclic) bond motifs is 2. The van der Waals surface area contributed by atoms with Crippen molar-refractivity contribution < 1.29 is 9.13 Å². The monoisotopic (exact) mass is 369 g/mol. The molecule has 2 aliphatic heterocycles. The molecule has 142 valence electrons. The molecule has 7 heteroatoms. The Morgan fingerprint density at radius 2 is 1.41 bits per heavy atom. The zero-order valence-electron chi connectivity index (χ0n) is 15.8. The van der Waals surface area contributed by atoms with Crippen molar-refractivity contribution in [3.05, 3.63) is 16.9 Å². The molecule has 1 aliphatic carbocycles. The van der Waals surface area contributed by atoms with Crippen LogP contribution in [0.1, 0.15) is 36.8 Å². The Hall–Kier alpha value is -2.51. The van der Waals surface area contributed by atoms with Crippen LogP contribution < -0.4 is 14.7 Å². The van der Waals surface area contributed by atoms with E-state index in [4.69, 9.17) is 4.74 Å². The van der Waals surface area contributed by atoms with Gasteiger partial charge in [-0.25, -0.2) is 4.39 Å². The molecule has 2 fully saturated rings. The fraction of sp³-hybridized carbons (Fsp3) is 0.600. The largest absolute Gasteiger partial charge is 0.378 e. The lowest BCUT2D eigenvalue weighted by molar-refractivity contribution is 0.122. The molecular formula is C20H24FN5O. The number of nitrogens with zero attached hydrogens (tertiary/aromatic N) is 5. The summed E-state index contributed by atoms with van der Waals surface area (Å²) < 4.78 is 20.9. The summed E-state index contributed by atoms with van der Waals surface area (Å²) >= 11 is 0. The van der Waals surface area contributed by atoms with Gasteiger partial charge in [-0.2, -0.15) is 10.5 Å². The standard InChI is InChI=1S/C20H24FN5O/c1-24-15-5-3-4-6-16(15)25(2)20-14(12-23)18(26-7-9-27-10-8-26)17(21)13(11-22)19(20)24/h15-16H,3-10H2,1-2H3. The predicted molar refractivity (Wildman–Crippen MR) is 102 cm³/mol. The Morgan fingerprint density at radius 1 is 0.889 bits per heavy atom. The second-order valence-corrected chi connectivity index (χ2v) is 7.57. The molecule has 1 aromatic carbocycles. The molecule has 1 saturated heterocycles. The lowest BCUT2D eigenvalue weighted by Gasteiger charge is -2.50. The number of morpholine rings is 1. The lowest BCUT2D eigenvalue weighted by atomic mass is 9.84. The molecule has 4 rings (SSSR count). The summed E-state index contributed by atoms with van der Waals surface area (Å²) in [6.45, 7) is 2.01. The molecule has 27 heavy (non-hydrogen) atoms. The minimum Gasteiger partial charge on any atom is -0.378 e. The highest BCUT2D eigenvalue weighted by Gasteiger charge is 2.42. The van der Waals surface area contributed by atoms with Gasteiger partial charge in [0.2, 0.25) is 0 Å². The van der Waals surface area contributed by atoms with Gasteiger partial charge in [0, 0.05) is 39.3 Å². The molecule has 2 heterocycles. The van der Waals surface area contributed by atoms with E-state index in [2.05, 4.69) is 17.0 Å². The summed E-state index contributed by atoms with van der Waals surface area (Å²) in [6, 6.07) is 4.86. The summed E-state index contributed by atoms with van der Waals surface area (Å²) in [4.78, 5) is 6.02. The summed E-state index contributed by atoms with van der Waals surface area (Å²) in [5.74, 6) is -0.579. The average molecular weight is 369 g/mol. The fourth-order valence-electron chi connectivity index (χ4n) is 4.99. The molecule has 6 nitrogen and oxygen atoms in total. The number of rotatable bonds is 1. The van der Waals surface area contributed by atoms with Crippen molar-refractivity contribution in [2.75, 3.05) is 55.1 Å². The van der Waals surface area contributed by atoms with Gasteiger partial charge < -0.3 is 19.4 Å². The van der Waals surface area contributed by atoms with Gasteiger partial charge in [-0.1, -0.05) is 12.8 Å². The van der Waals surface area contributed by atoms with Crippen LogP contribution in [0.5, 0.6) is 0 Å². The van der Waals surface area contributed by atoms with Crippen LogP contribution in [-0.2, 0) is 4.74 Å². The molecule has 0 N–H and O–H groups in total. The van der Waals surface area contributed by atoms with Crippen LogP contribution in [0.3, 0.4) is 0 Å². The normalized spacial score (nSPS) is 24.7. The van der Waals surface area contributed by atoms with E-state index in [9.17, 15) is 10.5 Å². The first-order valence-corrected chi connectivity index (χ1v) is 9.58. The predicted octanol–water partition coefficient (Wildman–Crippen LogP) is 2.60. The topological polar surface area (TPSA) is 66.5 Å². The van der Waals surface area contributed by atoms with Crippen LogP contribution >= 0.6 is 0 Å². The third-order valence-corrected chi connectivity index (χ3v) is 6.31. The third kappa shape index (κ3) is 2.61. The first-order chi connectivity index (χ1) is 13.1. The fourth-order valence-corrected chi connectivity index (χ4v) is 4.99. The SMILES string of the molecule is CN1c2c(C#N)c(F)c(N3CCOCC3)c(C#N)c2N(C)C2CCCCC21. The molecule has 1 saturated carbocycles. The van der Waals surface area contributed by atoms with Gasteiger partial charge in [-0.15, -0.1) is 0 Å². The highest BCUT2D eigenvalue weighted by Crippen LogP contribution is 2.49. The Labute approximate surface area is 159 Å². The minimum absolute atomic E-state index is 0.0452. The molecule has 0 radical (unpaired) electrons. The highest BCUT2D eigenvalue weighted by molar-refractivity contribution is 5.91. The van der Waals surface area contributed by atoms with Gasteiger partial charge in [0.25, 0.3) is 0 Å². The van der Waals surface area contributed by atoms with E-state index in [1.54, 1.807) is 0 Å². The van der Waals surface area contributed by atoms with Crippen molar-refractivity contribution in [1.82, 2.24) is 0 Å². The number of nitriles is 2. The smallest absolute Gasteiger partial charge is 0.167 e. The van der Waals surface area contributed by atoms with Gasteiger partial charge in [-0.3, -0.25) is 0 Å². The molecule has 3 aliphatic rings. The molecule has 0 bridgehead atoms. The quantitative estimate of drug-likeness (QED) is 0.758. The van der Waals surface area contributed by atoms with Crippen LogP contribution in [0, 0.1) is 28.5 Å². The van der Waals surface area contributed by atoms with Crippen molar-refractivity contribution in [1.29, 1.82) is 10.5 Å². The lowest BCUT2D eigenvalue weighted by Crippen LogP contribution is -2.56. The highest BCUT2D eigenvalue weighted by atomic mass is 19.1. The molecule has 0 aromatic heterocycles. The zero-order chi connectivity index (χ0) is 19.1. The van der Waals surface area contributed by atoms with Crippen molar-refractivity contribution >= 4 is 17.1 Å². The van der Waals surface area contributed by atoms with Gasteiger partial charge in [-0.05, 0) is 12.8 Å². The number of hydrogen-bond acceptors (Lipinski definition) is 6. The maximum absolute atomic E-state index is 15.5. The third-order valence-electron chi connectivity index (χ3n) is 6.31. The van der Waals surface area contributed by atoms with Crippen LogP contribution in [0.2, 0.25) is 0 Å². The van der Waals surface area contributed by atoms with E-state index in [-0.39, 0.29) is 23.3 Å². The summed E-state index contributed by atoms with van der Waals surface area (Å²) in [6.07, 6.45) is 4.35. The van der Waals surface area contributed by atoms with E-state index in [1.165, 1.54) is 0 Å². The number of anilines is 3. The molecule has 2 atom stereocenters. The van der Waals surface area contributed by atoms with Gasteiger partial charge >= 0.3 is 0 Å². The van der Waals surface area contributed by atoms with E-state index >= 15 is 4.39 Å². The zero-order valence-corrected chi connectivity index (χ0v) is 15.8. The Bertz CT molecular complexity index is 836. The van der Waals surface area contributed by atoms with Crippen LogP contribution in [0.25, 0.3) is 0 Å². The molecular weight excluding hydrogens is 345 g/mol. The number of hydrogen-bond donors (Lipinski definition) is 0. The van der Waals surface area contributed by atoms with Crippen LogP contribution in [0.4, 0.5) is 21.5 Å². The van der Waals surface area contributed by atoms with E-state index in [0.717, 1.165) is 25.7 Å². The van der Waals surface area contributed by atoms with Crippen molar-refractivity contribution in [2.24, 2.45) is 0 Å². The van der Waals surface area contributed by atoms with E-state index in [0.29, 0.717) is 43.2 Å². The first kappa shape index (κ1) is 17.9. The number of likely N-dealkylation sites (N-methyl/N-ethyl adjacent to an activating group) is 2. The van der Waals surface area contributed by atoms with Gasteiger partial charge in [0.05, 0.1) is 30.3 Å². The van der Waals surface area contributed by atoms with Gasteiger partial charge in [0.1, 0.15) is 23.3 Å². The molecule has 1 aromatic rings. The van der Waals surface area contributed by atoms with Crippen LogP contribution in [0.15, 0.2) is 0 Å². The molecule has 0 spiro atoms. The second-order valence-electron chi connectivity index (χ2n) is 7.57. The summed E-state index contributed by atoms with van der Waals surface area (Å²) in [7, 11) is 3.92. The van der Waals surface area contributed by atoms with Gasteiger partial charge in [0.15, 0.2) is 5.82 Å². The Morgan fingerprint density at radius 3 is 1.93 bits per heavy atom. The molecule has 2 unspecified atom stereocenters. The number of benzene rings is 1.